The van der Waals surface area contributed by atoms with Crippen LogP contribution < -0.4 is 5.84 Å². The molecule has 0 heterocycles. The Labute approximate surface area is 121 Å². The lowest BCUT2D eigenvalue weighted by Gasteiger charge is -2.11. The number of rotatable bonds is 1. The minimum atomic E-state index is 0.177. The number of hydrogen-bond acceptors (Lipinski definition) is 2. The van der Waals surface area contributed by atoms with Crippen molar-refractivity contribution < 1.29 is 0 Å². The maximum atomic E-state index is 6.04. The van der Waals surface area contributed by atoms with Crippen LogP contribution in [0, 0.1) is 0 Å². The molecule has 2 aromatic carbocycles. The summed E-state index contributed by atoms with van der Waals surface area (Å²) in [5.41, 5.74) is 4.36. The molecule has 96 valence electrons. The minimum absolute atomic E-state index is 0.177. The first-order valence-corrected chi connectivity index (χ1v) is 6.76. The summed E-state index contributed by atoms with van der Waals surface area (Å²) in [5, 5.41) is 5.45. The average Bonchev–Trinajstić information content (AvgIpc) is 2.77. The van der Waals surface area contributed by atoms with Gasteiger partial charge in [-0.25, -0.2) is 0 Å². The second kappa shape index (κ2) is 4.87. The van der Waals surface area contributed by atoms with Crippen LogP contribution in [0.1, 0.15) is 22.6 Å². The molecule has 0 saturated carbocycles. The Kier molecular flexibility index (Phi) is 3.21. The standard InChI is InChI=1S/C15H12Cl2N2/c16-11-3-1-9(2-4-11)14-8-10-7-12(17)5-6-13(10)15(14)19-18/h1-7,14H,8,18H2. The van der Waals surface area contributed by atoms with E-state index in [1.165, 1.54) is 11.1 Å². The van der Waals surface area contributed by atoms with Gasteiger partial charge in [0.2, 0.25) is 0 Å². The van der Waals surface area contributed by atoms with Crippen LogP contribution >= 0.6 is 23.2 Å². The molecule has 0 radical (unpaired) electrons. The third kappa shape index (κ3) is 2.22. The number of nitrogens with two attached hydrogens (primary N) is 1. The van der Waals surface area contributed by atoms with Crippen molar-refractivity contribution in [2.45, 2.75) is 12.3 Å². The lowest BCUT2D eigenvalue weighted by atomic mass is 9.95. The van der Waals surface area contributed by atoms with Crippen LogP contribution in [0.25, 0.3) is 0 Å². The molecule has 0 amide bonds. The molecule has 1 aliphatic carbocycles. The smallest absolute Gasteiger partial charge is 0.0753 e. The zero-order valence-corrected chi connectivity index (χ0v) is 11.6. The minimum Gasteiger partial charge on any atom is -0.323 e. The number of hydrazone groups is 1. The van der Waals surface area contributed by atoms with Crippen molar-refractivity contribution in [3.05, 3.63) is 69.2 Å². The molecule has 0 spiro atoms. The van der Waals surface area contributed by atoms with Gasteiger partial charge >= 0.3 is 0 Å². The first-order valence-electron chi connectivity index (χ1n) is 6.01. The molecule has 4 heteroatoms. The summed E-state index contributed by atoms with van der Waals surface area (Å²) in [7, 11) is 0. The Hall–Kier alpha value is -1.51. The largest absolute Gasteiger partial charge is 0.323 e. The average molecular weight is 291 g/mol. The third-order valence-electron chi connectivity index (χ3n) is 3.51. The van der Waals surface area contributed by atoms with Crippen LogP contribution in [0.15, 0.2) is 47.6 Å². The molecule has 0 saturated heterocycles. The van der Waals surface area contributed by atoms with Crippen molar-refractivity contribution in [1.29, 1.82) is 0 Å². The lowest BCUT2D eigenvalue weighted by Crippen LogP contribution is -2.10. The van der Waals surface area contributed by atoms with Gasteiger partial charge in [0.25, 0.3) is 0 Å². The van der Waals surface area contributed by atoms with Gasteiger partial charge in [-0.1, -0.05) is 41.4 Å². The highest BCUT2D eigenvalue weighted by atomic mass is 35.5. The zero-order chi connectivity index (χ0) is 13.4. The fourth-order valence-electron chi connectivity index (χ4n) is 2.62. The van der Waals surface area contributed by atoms with Gasteiger partial charge in [0.15, 0.2) is 0 Å². The number of fused-ring (bicyclic) bond motifs is 1. The van der Waals surface area contributed by atoms with Crippen molar-refractivity contribution in [3.63, 3.8) is 0 Å². The molecule has 1 aliphatic rings. The molecule has 2 aromatic rings. The Balaban J connectivity index is 2.04. The van der Waals surface area contributed by atoms with E-state index in [1.54, 1.807) is 0 Å². The molecule has 2 nitrogen and oxygen atoms in total. The van der Waals surface area contributed by atoms with E-state index in [4.69, 9.17) is 29.0 Å². The van der Waals surface area contributed by atoms with Crippen LogP contribution in [0.5, 0.6) is 0 Å². The number of hydrogen-bond donors (Lipinski definition) is 1. The quantitative estimate of drug-likeness (QED) is 0.626. The summed E-state index contributed by atoms with van der Waals surface area (Å²) in [4.78, 5) is 0. The van der Waals surface area contributed by atoms with Gasteiger partial charge in [-0.15, -0.1) is 0 Å². The molecule has 0 aliphatic heterocycles. The number of benzene rings is 2. The van der Waals surface area contributed by atoms with Crippen LogP contribution in [-0.4, -0.2) is 5.71 Å². The maximum absolute atomic E-state index is 6.04. The highest BCUT2D eigenvalue weighted by Gasteiger charge is 2.29. The normalized spacial score (nSPS) is 19.7. The van der Waals surface area contributed by atoms with Crippen LogP contribution in [0.4, 0.5) is 0 Å². The van der Waals surface area contributed by atoms with E-state index in [-0.39, 0.29) is 5.92 Å². The van der Waals surface area contributed by atoms with Gasteiger partial charge in [0, 0.05) is 21.5 Å². The Morgan fingerprint density at radius 3 is 2.37 bits per heavy atom. The SMILES string of the molecule is NN=C1c2ccc(Cl)cc2CC1c1ccc(Cl)cc1. The van der Waals surface area contributed by atoms with Gasteiger partial charge < -0.3 is 5.84 Å². The molecular formula is C15H12Cl2N2. The van der Waals surface area contributed by atoms with Gasteiger partial charge in [-0.2, -0.15) is 5.10 Å². The van der Waals surface area contributed by atoms with Crippen molar-refractivity contribution in [3.8, 4) is 0 Å². The summed E-state index contributed by atoms with van der Waals surface area (Å²) in [6, 6.07) is 13.7. The van der Waals surface area contributed by atoms with Crippen molar-refractivity contribution in [2.75, 3.05) is 0 Å². The van der Waals surface area contributed by atoms with Gasteiger partial charge in [0.1, 0.15) is 0 Å². The fourth-order valence-corrected chi connectivity index (χ4v) is 2.94. The van der Waals surface area contributed by atoms with E-state index in [2.05, 4.69) is 5.10 Å². The summed E-state index contributed by atoms with van der Waals surface area (Å²) >= 11 is 12.0. The molecule has 0 bridgehead atoms. The molecule has 19 heavy (non-hydrogen) atoms. The Bertz CT molecular complexity index is 648. The van der Waals surface area contributed by atoms with Crippen molar-refractivity contribution >= 4 is 28.9 Å². The van der Waals surface area contributed by atoms with E-state index < -0.39 is 0 Å². The topological polar surface area (TPSA) is 38.4 Å². The fraction of sp³-hybridized carbons (Fsp3) is 0.133. The van der Waals surface area contributed by atoms with Gasteiger partial charge in [-0.3, -0.25) is 0 Å². The summed E-state index contributed by atoms with van der Waals surface area (Å²) in [5.74, 6) is 5.75. The van der Waals surface area contributed by atoms with E-state index >= 15 is 0 Å². The highest BCUT2D eigenvalue weighted by Crippen LogP contribution is 2.36. The number of nitrogens with zero attached hydrogens (tertiary/aromatic N) is 1. The van der Waals surface area contributed by atoms with E-state index in [9.17, 15) is 0 Å². The van der Waals surface area contributed by atoms with Crippen molar-refractivity contribution in [1.82, 2.24) is 0 Å². The first kappa shape index (κ1) is 12.5. The second-order valence-electron chi connectivity index (χ2n) is 4.62. The first-order chi connectivity index (χ1) is 9.19. The van der Waals surface area contributed by atoms with Crippen LogP contribution in [0.2, 0.25) is 10.0 Å². The van der Waals surface area contributed by atoms with Crippen molar-refractivity contribution in [2.24, 2.45) is 10.9 Å². The monoisotopic (exact) mass is 290 g/mol. The predicted molar refractivity (Wildman–Crippen MR) is 80.1 cm³/mol. The molecule has 1 unspecified atom stereocenters. The maximum Gasteiger partial charge on any atom is 0.0753 e. The molecule has 0 aromatic heterocycles. The summed E-state index contributed by atoms with van der Waals surface area (Å²) in [6.07, 6.45) is 0.869. The highest BCUT2D eigenvalue weighted by molar-refractivity contribution is 6.31. The molecule has 1 atom stereocenters. The van der Waals surface area contributed by atoms with E-state index in [0.29, 0.717) is 0 Å². The molecule has 2 N–H and O–H groups in total. The van der Waals surface area contributed by atoms with E-state index in [1.807, 2.05) is 42.5 Å². The van der Waals surface area contributed by atoms with E-state index in [0.717, 1.165) is 27.7 Å². The van der Waals surface area contributed by atoms with Crippen LogP contribution in [0.3, 0.4) is 0 Å². The van der Waals surface area contributed by atoms with Gasteiger partial charge in [-0.05, 0) is 41.8 Å². The summed E-state index contributed by atoms with van der Waals surface area (Å²) in [6.45, 7) is 0. The third-order valence-corrected chi connectivity index (χ3v) is 4.00. The molecule has 0 fully saturated rings. The Morgan fingerprint density at radius 1 is 1.00 bits per heavy atom. The van der Waals surface area contributed by atoms with Crippen LogP contribution in [-0.2, 0) is 6.42 Å². The van der Waals surface area contributed by atoms with Gasteiger partial charge in [0.05, 0.1) is 5.71 Å². The Morgan fingerprint density at radius 2 is 1.68 bits per heavy atom. The summed E-state index contributed by atoms with van der Waals surface area (Å²) < 4.78 is 0. The molecular weight excluding hydrogens is 279 g/mol. The predicted octanol–water partition coefficient (Wildman–Crippen LogP) is 4.00. The molecule has 3 rings (SSSR count). The number of halogens is 2. The second-order valence-corrected chi connectivity index (χ2v) is 5.50. The zero-order valence-electron chi connectivity index (χ0n) is 10.1. The lowest BCUT2D eigenvalue weighted by molar-refractivity contribution is 0.909.